The largest absolute Gasteiger partial charge is 0.466 e. The van der Waals surface area contributed by atoms with E-state index in [1.165, 1.54) is 12.6 Å². The molecule has 1 aliphatic rings. The molecule has 0 bridgehead atoms. The standard InChI is InChI=1S/C21H24N4O4S/c1-13-10-17(14(2)29-13)21(26)24-15-6-8-25(9-7-15)20-18-11-16(30(3,27)28)4-5-19(18)22-12-23-20/h4-5,10-12,15H,6-9H2,1-3H3,(H,24,26). The first-order valence-corrected chi connectivity index (χ1v) is 11.7. The van der Waals surface area contributed by atoms with E-state index in [1.54, 1.807) is 31.2 Å². The Kier molecular flexibility index (Phi) is 5.23. The van der Waals surface area contributed by atoms with E-state index >= 15 is 0 Å². The number of aromatic nitrogens is 2. The van der Waals surface area contributed by atoms with Crippen LogP contribution in [0.3, 0.4) is 0 Å². The zero-order valence-corrected chi connectivity index (χ0v) is 18.0. The minimum Gasteiger partial charge on any atom is -0.466 e. The van der Waals surface area contributed by atoms with Gasteiger partial charge < -0.3 is 14.6 Å². The molecule has 8 nitrogen and oxygen atoms in total. The second-order valence-electron chi connectivity index (χ2n) is 7.71. The summed E-state index contributed by atoms with van der Waals surface area (Å²) >= 11 is 0. The van der Waals surface area contributed by atoms with Crippen LogP contribution in [-0.4, -0.2) is 49.7 Å². The van der Waals surface area contributed by atoms with Gasteiger partial charge in [0, 0.05) is 30.8 Å². The Morgan fingerprint density at radius 1 is 1.17 bits per heavy atom. The summed E-state index contributed by atoms with van der Waals surface area (Å²) < 4.78 is 29.3. The summed E-state index contributed by atoms with van der Waals surface area (Å²) in [5.74, 6) is 1.94. The molecule has 30 heavy (non-hydrogen) atoms. The molecule has 1 N–H and O–H groups in total. The van der Waals surface area contributed by atoms with E-state index in [-0.39, 0.29) is 16.8 Å². The molecule has 0 saturated carbocycles. The first-order valence-electron chi connectivity index (χ1n) is 9.80. The molecule has 0 aliphatic carbocycles. The highest BCUT2D eigenvalue weighted by atomic mass is 32.2. The maximum absolute atomic E-state index is 12.5. The number of carbonyl (C=O) groups is 1. The maximum atomic E-state index is 12.5. The van der Waals surface area contributed by atoms with Crippen molar-refractivity contribution >= 4 is 32.5 Å². The Morgan fingerprint density at radius 3 is 2.53 bits per heavy atom. The molecule has 0 atom stereocenters. The topological polar surface area (TPSA) is 105 Å². The van der Waals surface area contributed by atoms with Crippen LogP contribution in [0.2, 0.25) is 0 Å². The zero-order valence-electron chi connectivity index (χ0n) is 17.2. The number of fused-ring (bicyclic) bond motifs is 1. The lowest BCUT2D eigenvalue weighted by Gasteiger charge is -2.33. The van der Waals surface area contributed by atoms with Crippen molar-refractivity contribution in [1.82, 2.24) is 15.3 Å². The molecule has 1 aliphatic heterocycles. The molecule has 4 rings (SSSR count). The molecule has 1 fully saturated rings. The van der Waals surface area contributed by atoms with Crippen LogP contribution in [0.25, 0.3) is 10.9 Å². The van der Waals surface area contributed by atoms with Crippen molar-refractivity contribution in [3.63, 3.8) is 0 Å². The number of piperidine rings is 1. The second kappa shape index (κ2) is 7.71. The van der Waals surface area contributed by atoms with E-state index < -0.39 is 9.84 Å². The van der Waals surface area contributed by atoms with Crippen molar-refractivity contribution in [1.29, 1.82) is 0 Å². The summed E-state index contributed by atoms with van der Waals surface area (Å²) in [4.78, 5) is 23.6. The third kappa shape index (κ3) is 4.02. The van der Waals surface area contributed by atoms with E-state index in [4.69, 9.17) is 4.42 Å². The minimum atomic E-state index is -3.32. The minimum absolute atomic E-state index is 0.0584. The number of amides is 1. The van der Waals surface area contributed by atoms with Gasteiger partial charge in [-0.15, -0.1) is 0 Å². The predicted molar refractivity (Wildman–Crippen MR) is 114 cm³/mol. The average molecular weight is 429 g/mol. The van der Waals surface area contributed by atoms with E-state index in [0.29, 0.717) is 35.3 Å². The van der Waals surface area contributed by atoms with E-state index in [2.05, 4.69) is 20.2 Å². The first-order chi connectivity index (χ1) is 14.2. The number of benzene rings is 1. The fourth-order valence-corrected chi connectivity index (χ4v) is 4.51. The fraction of sp³-hybridized carbons (Fsp3) is 0.381. The summed E-state index contributed by atoms with van der Waals surface area (Å²) in [7, 11) is -3.32. The molecule has 1 aromatic carbocycles. The maximum Gasteiger partial charge on any atom is 0.255 e. The Hall–Kier alpha value is -2.94. The van der Waals surface area contributed by atoms with Crippen molar-refractivity contribution < 1.29 is 17.6 Å². The van der Waals surface area contributed by atoms with Gasteiger partial charge in [0.15, 0.2) is 9.84 Å². The van der Waals surface area contributed by atoms with Crippen molar-refractivity contribution in [3.05, 3.63) is 47.7 Å². The van der Waals surface area contributed by atoms with Crippen LogP contribution >= 0.6 is 0 Å². The molecule has 0 radical (unpaired) electrons. The smallest absolute Gasteiger partial charge is 0.255 e. The highest BCUT2D eigenvalue weighted by Crippen LogP contribution is 2.28. The highest BCUT2D eigenvalue weighted by molar-refractivity contribution is 7.90. The molecule has 1 saturated heterocycles. The molecule has 3 aromatic rings. The normalized spacial score (nSPS) is 15.5. The Morgan fingerprint density at radius 2 is 1.90 bits per heavy atom. The number of hydrogen-bond acceptors (Lipinski definition) is 7. The van der Waals surface area contributed by atoms with Gasteiger partial charge in [-0.3, -0.25) is 4.79 Å². The number of aryl methyl sites for hydroxylation is 2. The lowest BCUT2D eigenvalue weighted by Crippen LogP contribution is -2.45. The van der Waals surface area contributed by atoms with E-state index in [0.717, 1.165) is 24.4 Å². The van der Waals surface area contributed by atoms with E-state index in [9.17, 15) is 13.2 Å². The summed E-state index contributed by atoms with van der Waals surface area (Å²) in [6, 6.07) is 6.72. The second-order valence-corrected chi connectivity index (χ2v) is 9.73. The van der Waals surface area contributed by atoms with Gasteiger partial charge in [-0.1, -0.05) is 0 Å². The number of rotatable bonds is 4. The summed E-state index contributed by atoms with van der Waals surface area (Å²) in [6.45, 7) is 5.01. The van der Waals surface area contributed by atoms with Gasteiger partial charge in [0.1, 0.15) is 23.7 Å². The molecule has 158 valence electrons. The molecule has 0 unspecified atom stereocenters. The SMILES string of the molecule is Cc1cc(C(=O)NC2CCN(c3ncnc4ccc(S(C)(=O)=O)cc34)CC2)c(C)o1. The van der Waals surface area contributed by atoms with Crippen LogP contribution < -0.4 is 10.2 Å². The molecule has 0 spiro atoms. The number of sulfone groups is 1. The summed E-state index contributed by atoms with van der Waals surface area (Å²) in [5, 5.41) is 3.81. The molecule has 2 aromatic heterocycles. The number of nitrogens with zero attached hydrogens (tertiary/aromatic N) is 3. The first kappa shape index (κ1) is 20.3. The Bertz CT molecular complexity index is 1210. The molecular formula is C21H24N4O4S. The lowest BCUT2D eigenvalue weighted by molar-refractivity contribution is 0.0929. The number of anilines is 1. The lowest BCUT2D eigenvalue weighted by atomic mass is 10.0. The van der Waals surface area contributed by atoms with Crippen LogP contribution in [0.15, 0.2) is 39.9 Å². The zero-order chi connectivity index (χ0) is 21.5. The van der Waals surface area contributed by atoms with Crippen molar-refractivity contribution in [3.8, 4) is 0 Å². The summed E-state index contributed by atoms with van der Waals surface area (Å²) in [6.07, 6.45) is 4.21. The van der Waals surface area contributed by atoms with Gasteiger partial charge in [0.05, 0.1) is 16.0 Å². The Labute approximate surface area is 175 Å². The van der Waals surface area contributed by atoms with Gasteiger partial charge in [-0.2, -0.15) is 0 Å². The third-order valence-electron chi connectivity index (χ3n) is 5.43. The molecule has 3 heterocycles. The van der Waals surface area contributed by atoms with Gasteiger partial charge in [-0.05, 0) is 51.0 Å². The number of carbonyl (C=O) groups excluding carboxylic acids is 1. The predicted octanol–water partition coefficient (Wildman–Crippen LogP) is 2.64. The number of hydrogen-bond donors (Lipinski definition) is 1. The van der Waals surface area contributed by atoms with E-state index in [1.807, 2.05) is 6.92 Å². The van der Waals surface area contributed by atoms with Crippen LogP contribution in [0.4, 0.5) is 5.82 Å². The third-order valence-corrected chi connectivity index (χ3v) is 6.54. The van der Waals surface area contributed by atoms with Crippen LogP contribution in [0.5, 0.6) is 0 Å². The van der Waals surface area contributed by atoms with Gasteiger partial charge >= 0.3 is 0 Å². The van der Waals surface area contributed by atoms with Gasteiger partial charge in [0.25, 0.3) is 5.91 Å². The van der Waals surface area contributed by atoms with Crippen LogP contribution in [0, 0.1) is 13.8 Å². The Balaban J connectivity index is 1.49. The number of nitrogens with one attached hydrogen (secondary N) is 1. The van der Waals surface area contributed by atoms with Crippen molar-refractivity contribution in [2.75, 3.05) is 24.2 Å². The van der Waals surface area contributed by atoms with Gasteiger partial charge in [0.2, 0.25) is 0 Å². The molecule has 1 amide bonds. The fourth-order valence-electron chi connectivity index (χ4n) is 3.86. The summed E-state index contributed by atoms with van der Waals surface area (Å²) in [5.41, 5.74) is 1.28. The van der Waals surface area contributed by atoms with Gasteiger partial charge in [-0.25, -0.2) is 18.4 Å². The highest BCUT2D eigenvalue weighted by Gasteiger charge is 2.25. The van der Waals surface area contributed by atoms with Crippen molar-refractivity contribution in [2.24, 2.45) is 0 Å². The quantitative estimate of drug-likeness (QED) is 0.681. The van der Waals surface area contributed by atoms with Crippen molar-refractivity contribution in [2.45, 2.75) is 37.6 Å². The molecule has 9 heteroatoms. The van der Waals surface area contributed by atoms with Crippen LogP contribution in [-0.2, 0) is 9.84 Å². The van der Waals surface area contributed by atoms with Crippen LogP contribution in [0.1, 0.15) is 34.7 Å². The molecular weight excluding hydrogens is 404 g/mol. The average Bonchev–Trinajstić information content (AvgIpc) is 3.05. The number of furan rings is 1. The monoisotopic (exact) mass is 428 g/mol.